The smallest absolute Gasteiger partial charge is 0.200 e. The zero-order valence-electron chi connectivity index (χ0n) is 22.3. The lowest BCUT2D eigenvalue weighted by atomic mass is 10.0. The Hall–Kier alpha value is -2.37. The SMILES string of the molecule is CC[N+](CC)(CC)CCOc1cccc(OCC[N+](CC)(CC)CC)c1C(=O)c1ccccc1. The number of hydrogen-bond acceptors (Lipinski definition) is 3. The van der Waals surface area contributed by atoms with Gasteiger partial charge in [0.1, 0.15) is 43.4 Å². The topological polar surface area (TPSA) is 35.5 Å². The fourth-order valence-corrected chi connectivity index (χ4v) is 4.70. The van der Waals surface area contributed by atoms with Crippen molar-refractivity contribution in [1.82, 2.24) is 0 Å². The van der Waals surface area contributed by atoms with Gasteiger partial charge in [-0.25, -0.2) is 0 Å². The molecule has 0 aliphatic heterocycles. The summed E-state index contributed by atoms with van der Waals surface area (Å²) >= 11 is 0. The van der Waals surface area contributed by atoms with Gasteiger partial charge >= 0.3 is 0 Å². The van der Waals surface area contributed by atoms with Crippen molar-refractivity contribution in [2.75, 3.05) is 65.6 Å². The monoisotopic (exact) mass is 470 g/mol. The highest BCUT2D eigenvalue weighted by Crippen LogP contribution is 2.31. The molecule has 34 heavy (non-hydrogen) atoms. The fourth-order valence-electron chi connectivity index (χ4n) is 4.70. The molecule has 0 aliphatic carbocycles. The number of carbonyl (C=O) groups is 1. The Kier molecular flexibility index (Phi) is 11.1. The van der Waals surface area contributed by atoms with Gasteiger partial charge in [0.25, 0.3) is 0 Å². The molecule has 0 saturated carbocycles. The highest BCUT2D eigenvalue weighted by atomic mass is 16.5. The highest BCUT2D eigenvalue weighted by Gasteiger charge is 2.25. The largest absolute Gasteiger partial charge is 0.487 e. The van der Waals surface area contributed by atoms with Crippen LogP contribution in [0.5, 0.6) is 11.5 Å². The Balaban J connectivity index is 2.30. The van der Waals surface area contributed by atoms with Gasteiger partial charge in [-0.05, 0) is 53.7 Å². The van der Waals surface area contributed by atoms with E-state index >= 15 is 0 Å². The molecule has 0 atom stereocenters. The molecule has 0 spiro atoms. The lowest BCUT2D eigenvalue weighted by Crippen LogP contribution is -2.50. The quantitative estimate of drug-likeness (QED) is 0.242. The maximum Gasteiger partial charge on any atom is 0.200 e. The maximum atomic E-state index is 13.6. The van der Waals surface area contributed by atoms with Crippen molar-refractivity contribution in [3.05, 3.63) is 59.7 Å². The summed E-state index contributed by atoms with van der Waals surface area (Å²) in [5, 5.41) is 0. The number of hydrogen-bond donors (Lipinski definition) is 0. The molecule has 2 aromatic rings. The van der Waals surface area contributed by atoms with Gasteiger partial charge in [-0.3, -0.25) is 4.79 Å². The standard InChI is InChI=1S/C29H46N2O3/c1-7-30(8-2,9-3)21-23-33-26-19-16-20-27(34-24-22-31(10-4,11-5)12-6)28(26)29(32)25-17-14-13-15-18-25/h13-20H,7-12,21-24H2,1-6H3/q+2. The molecule has 0 fully saturated rings. The molecule has 5 nitrogen and oxygen atoms in total. The fraction of sp³-hybridized carbons (Fsp3) is 0.552. The van der Waals surface area contributed by atoms with Gasteiger partial charge in [0.05, 0.1) is 39.3 Å². The number of likely N-dealkylation sites (N-methyl/N-ethyl adjacent to an activating group) is 2. The van der Waals surface area contributed by atoms with Crippen molar-refractivity contribution in [1.29, 1.82) is 0 Å². The van der Waals surface area contributed by atoms with E-state index in [1.807, 2.05) is 48.5 Å². The lowest BCUT2D eigenvalue weighted by molar-refractivity contribution is -0.923. The van der Waals surface area contributed by atoms with Crippen molar-refractivity contribution >= 4 is 5.78 Å². The molecule has 0 amide bonds. The van der Waals surface area contributed by atoms with E-state index in [9.17, 15) is 4.79 Å². The van der Waals surface area contributed by atoms with E-state index in [1.54, 1.807) is 0 Å². The first-order valence-electron chi connectivity index (χ1n) is 13.1. The highest BCUT2D eigenvalue weighted by molar-refractivity contribution is 6.12. The van der Waals surface area contributed by atoms with Crippen LogP contribution in [0.1, 0.15) is 57.5 Å². The summed E-state index contributed by atoms with van der Waals surface area (Å²) in [5.74, 6) is 1.15. The van der Waals surface area contributed by atoms with Gasteiger partial charge in [0.15, 0.2) is 0 Å². The van der Waals surface area contributed by atoms with Crippen LogP contribution in [0.3, 0.4) is 0 Å². The summed E-state index contributed by atoms with van der Waals surface area (Å²) in [7, 11) is 0. The van der Waals surface area contributed by atoms with Crippen LogP contribution < -0.4 is 9.47 Å². The van der Waals surface area contributed by atoms with E-state index in [1.165, 1.54) is 0 Å². The summed E-state index contributed by atoms with van der Waals surface area (Å²) in [6.07, 6.45) is 0. The Bertz CT molecular complexity index is 813. The maximum absolute atomic E-state index is 13.6. The summed E-state index contributed by atoms with van der Waals surface area (Å²) < 4.78 is 14.6. The van der Waals surface area contributed by atoms with Crippen LogP contribution in [-0.2, 0) is 0 Å². The van der Waals surface area contributed by atoms with Gasteiger partial charge in [-0.15, -0.1) is 0 Å². The van der Waals surface area contributed by atoms with Crippen LogP contribution in [0.2, 0.25) is 0 Å². The number of nitrogens with zero attached hydrogens (tertiary/aromatic N) is 2. The molecule has 188 valence electrons. The van der Waals surface area contributed by atoms with Gasteiger partial charge < -0.3 is 18.4 Å². The molecule has 5 heteroatoms. The van der Waals surface area contributed by atoms with Crippen LogP contribution in [-0.4, -0.2) is 80.3 Å². The molecule has 0 saturated heterocycles. The first-order chi connectivity index (χ1) is 16.4. The number of rotatable bonds is 16. The van der Waals surface area contributed by atoms with Gasteiger partial charge in [0, 0.05) is 5.56 Å². The first-order valence-corrected chi connectivity index (χ1v) is 13.1. The van der Waals surface area contributed by atoms with E-state index in [-0.39, 0.29) is 5.78 Å². The van der Waals surface area contributed by atoms with Crippen molar-refractivity contribution in [2.24, 2.45) is 0 Å². The number of ketones is 1. The predicted molar refractivity (Wildman–Crippen MR) is 141 cm³/mol. The molecule has 0 unspecified atom stereocenters. The number of ether oxygens (including phenoxy) is 2. The second-order valence-corrected chi connectivity index (χ2v) is 9.05. The van der Waals surface area contributed by atoms with E-state index in [0.29, 0.717) is 35.8 Å². The predicted octanol–water partition coefficient (Wildman–Crippen LogP) is 5.43. The lowest BCUT2D eigenvalue weighted by Gasteiger charge is -2.36. The summed E-state index contributed by atoms with van der Waals surface area (Å²) in [5.41, 5.74) is 1.17. The third-order valence-corrected chi connectivity index (χ3v) is 7.92. The van der Waals surface area contributed by atoms with E-state index < -0.39 is 0 Å². The molecule has 0 radical (unpaired) electrons. The third kappa shape index (κ3) is 6.83. The molecule has 0 heterocycles. The Morgan fingerprint density at radius 1 is 0.618 bits per heavy atom. The molecular weight excluding hydrogens is 424 g/mol. The number of carbonyl (C=O) groups excluding carboxylic acids is 1. The van der Waals surface area contributed by atoms with Crippen LogP contribution in [0.4, 0.5) is 0 Å². The zero-order chi connectivity index (χ0) is 25.0. The van der Waals surface area contributed by atoms with E-state index in [0.717, 1.165) is 61.3 Å². The molecule has 0 aromatic heterocycles. The second kappa shape index (κ2) is 13.5. The summed E-state index contributed by atoms with van der Waals surface area (Å²) in [4.78, 5) is 13.6. The number of benzene rings is 2. The minimum Gasteiger partial charge on any atom is -0.487 e. The van der Waals surface area contributed by atoms with E-state index in [4.69, 9.17) is 9.47 Å². The average molecular weight is 471 g/mol. The van der Waals surface area contributed by atoms with Crippen molar-refractivity contribution < 1.29 is 23.2 Å². The van der Waals surface area contributed by atoms with Gasteiger partial charge in [-0.2, -0.15) is 0 Å². The second-order valence-electron chi connectivity index (χ2n) is 9.05. The summed E-state index contributed by atoms with van der Waals surface area (Å²) in [6, 6.07) is 15.1. The van der Waals surface area contributed by atoms with Crippen LogP contribution >= 0.6 is 0 Å². The molecule has 2 aromatic carbocycles. The minimum atomic E-state index is -0.0596. The van der Waals surface area contributed by atoms with Crippen LogP contribution in [0.15, 0.2) is 48.5 Å². The average Bonchev–Trinajstić information content (AvgIpc) is 2.90. The molecular formula is C29H46N2O3+2. The van der Waals surface area contributed by atoms with Gasteiger partial charge in [0.2, 0.25) is 5.78 Å². The van der Waals surface area contributed by atoms with Crippen molar-refractivity contribution in [3.63, 3.8) is 0 Å². The minimum absolute atomic E-state index is 0.0596. The van der Waals surface area contributed by atoms with Crippen molar-refractivity contribution in [2.45, 2.75) is 41.5 Å². The van der Waals surface area contributed by atoms with Gasteiger partial charge in [-0.1, -0.05) is 36.4 Å². The molecule has 0 N–H and O–H groups in total. The number of quaternary nitrogens is 2. The van der Waals surface area contributed by atoms with Crippen LogP contribution in [0, 0.1) is 0 Å². The third-order valence-electron chi connectivity index (χ3n) is 7.92. The Morgan fingerprint density at radius 2 is 1.03 bits per heavy atom. The Morgan fingerprint density at radius 3 is 1.41 bits per heavy atom. The first kappa shape index (κ1) is 27.9. The normalized spacial score (nSPS) is 11.9. The van der Waals surface area contributed by atoms with Crippen LogP contribution in [0.25, 0.3) is 0 Å². The molecule has 2 rings (SSSR count). The zero-order valence-corrected chi connectivity index (χ0v) is 22.3. The van der Waals surface area contributed by atoms with Crippen molar-refractivity contribution in [3.8, 4) is 11.5 Å². The summed E-state index contributed by atoms with van der Waals surface area (Å²) in [6.45, 7) is 22.8. The van der Waals surface area contributed by atoms with E-state index in [2.05, 4.69) is 41.5 Å². The Labute approximate surface area is 207 Å². The molecule has 0 aliphatic rings. The molecule has 0 bridgehead atoms.